The molecule has 0 fully saturated rings. The van der Waals surface area contributed by atoms with E-state index >= 15 is 0 Å². The quantitative estimate of drug-likeness (QED) is 0.818. The van der Waals surface area contributed by atoms with Crippen molar-refractivity contribution < 1.29 is 4.74 Å². The molecule has 0 saturated carbocycles. The Kier molecular flexibility index (Phi) is 3.99. The molecule has 2 aromatic rings. The Morgan fingerprint density at radius 1 is 1.24 bits per heavy atom. The van der Waals surface area contributed by atoms with Crippen molar-refractivity contribution in [3.63, 3.8) is 0 Å². The molecule has 3 heteroatoms. The largest absolute Gasteiger partial charge is 0.486 e. The average molecular weight is 248 g/mol. The minimum absolute atomic E-state index is 0.438. The fourth-order valence-corrected chi connectivity index (χ4v) is 1.69. The highest BCUT2D eigenvalue weighted by Crippen LogP contribution is 2.26. The predicted octanol–water partition coefficient (Wildman–Crippen LogP) is 3.88. The molecule has 0 aliphatic rings. The van der Waals surface area contributed by atoms with Gasteiger partial charge < -0.3 is 4.74 Å². The van der Waals surface area contributed by atoms with Gasteiger partial charge in [-0.2, -0.15) is 0 Å². The lowest BCUT2D eigenvalue weighted by atomic mass is 10.2. The lowest BCUT2D eigenvalue weighted by Gasteiger charge is -2.08. The molecule has 0 aliphatic heterocycles. The number of aryl methyl sites for hydroxylation is 1. The summed E-state index contributed by atoms with van der Waals surface area (Å²) in [5.74, 6) is 0.719. The zero-order valence-electron chi connectivity index (χ0n) is 9.69. The van der Waals surface area contributed by atoms with Gasteiger partial charge in [0.1, 0.15) is 12.4 Å². The van der Waals surface area contributed by atoms with Crippen LogP contribution in [0.2, 0.25) is 5.02 Å². The van der Waals surface area contributed by atoms with E-state index < -0.39 is 0 Å². The monoisotopic (exact) mass is 247 g/mol. The average Bonchev–Trinajstić information content (AvgIpc) is 2.39. The number of benzene rings is 1. The van der Waals surface area contributed by atoms with Gasteiger partial charge in [-0.05, 0) is 36.2 Å². The molecular formula is C14H14ClNO. The number of ether oxygens (including phenoxy) is 1. The Morgan fingerprint density at radius 2 is 2.12 bits per heavy atom. The summed E-state index contributed by atoms with van der Waals surface area (Å²) < 4.78 is 5.67. The van der Waals surface area contributed by atoms with Crippen LogP contribution in [-0.2, 0) is 13.0 Å². The number of hydrogen-bond donors (Lipinski definition) is 0. The van der Waals surface area contributed by atoms with Crippen LogP contribution >= 0.6 is 11.6 Å². The number of hydrogen-bond acceptors (Lipinski definition) is 2. The molecule has 0 spiro atoms. The molecule has 1 aromatic heterocycles. The van der Waals surface area contributed by atoms with Gasteiger partial charge in [-0.3, -0.25) is 4.98 Å². The maximum absolute atomic E-state index is 6.07. The first-order chi connectivity index (χ1) is 8.29. The van der Waals surface area contributed by atoms with E-state index in [2.05, 4.69) is 11.9 Å². The van der Waals surface area contributed by atoms with E-state index in [1.54, 1.807) is 6.20 Å². The highest BCUT2D eigenvalue weighted by Gasteiger charge is 2.03. The first kappa shape index (κ1) is 11.9. The SMILES string of the molecule is CCc1ccc(Cl)c(OCc2ccccn2)c1. The van der Waals surface area contributed by atoms with Gasteiger partial charge in [0.25, 0.3) is 0 Å². The Bertz CT molecular complexity index is 485. The van der Waals surface area contributed by atoms with Crippen LogP contribution in [0.15, 0.2) is 42.6 Å². The van der Waals surface area contributed by atoms with Crippen LogP contribution in [0.5, 0.6) is 5.75 Å². The zero-order valence-corrected chi connectivity index (χ0v) is 10.4. The molecule has 0 unspecified atom stereocenters. The molecule has 0 amide bonds. The van der Waals surface area contributed by atoms with Gasteiger partial charge in [-0.1, -0.05) is 30.7 Å². The number of halogens is 1. The van der Waals surface area contributed by atoms with Gasteiger partial charge in [-0.25, -0.2) is 0 Å². The van der Waals surface area contributed by atoms with Crippen LogP contribution < -0.4 is 4.74 Å². The molecular weight excluding hydrogens is 234 g/mol. The second-order valence-electron chi connectivity index (χ2n) is 3.73. The first-order valence-corrected chi connectivity index (χ1v) is 5.98. The van der Waals surface area contributed by atoms with Crippen LogP contribution in [-0.4, -0.2) is 4.98 Å². The highest BCUT2D eigenvalue weighted by atomic mass is 35.5. The smallest absolute Gasteiger partial charge is 0.138 e. The van der Waals surface area contributed by atoms with Crippen molar-refractivity contribution in [3.05, 3.63) is 58.9 Å². The van der Waals surface area contributed by atoms with E-state index in [1.165, 1.54) is 5.56 Å². The summed E-state index contributed by atoms with van der Waals surface area (Å²) in [5, 5.41) is 0.637. The lowest BCUT2D eigenvalue weighted by molar-refractivity contribution is 0.301. The Morgan fingerprint density at radius 3 is 2.82 bits per heavy atom. The van der Waals surface area contributed by atoms with Crippen molar-refractivity contribution in [1.82, 2.24) is 4.98 Å². The zero-order chi connectivity index (χ0) is 12.1. The van der Waals surface area contributed by atoms with Crippen molar-refractivity contribution in [2.75, 3.05) is 0 Å². The fraction of sp³-hybridized carbons (Fsp3) is 0.214. The predicted molar refractivity (Wildman–Crippen MR) is 69.4 cm³/mol. The Balaban J connectivity index is 2.08. The maximum atomic E-state index is 6.07. The van der Waals surface area contributed by atoms with Crippen LogP contribution in [0.1, 0.15) is 18.2 Å². The number of aromatic nitrogens is 1. The molecule has 17 heavy (non-hydrogen) atoms. The van der Waals surface area contributed by atoms with E-state index in [0.29, 0.717) is 11.6 Å². The summed E-state index contributed by atoms with van der Waals surface area (Å²) in [6, 6.07) is 11.6. The third-order valence-electron chi connectivity index (χ3n) is 2.51. The molecule has 1 heterocycles. The topological polar surface area (TPSA) is 22.1 Å². The van der Waals surface area contributed by atoms with E-state index in [1.807, 2.05) is 36.4 Å². The number of rotatable bonds is 4. The van der Waals surface area contributed by atoms with Crippen molar-refractivity contribution >= 4 is 11.6 Å². The van der Waals surface area contributed by atoms with Gasteiger partial charge in [0.15, 0.2) is 0 Å². The Hall–Kier alpha value is -1.54. The lowest BCUT2D eigenvalue weighted by Crippen LogP contribution is -1.98. The van der Waals surface area contributed by atoms with E-state index in [4.69, 9.17) is 16.3 Å². The van der Waals surface area contributed by atoms with E-state index in [9.17, 15) is 0 Å². The van der Waals surface area contributed by atoms with E-state index in [0.717, 1.165) is 17.9 Å². The van der Waals surface area contributed by atoms with Crippen LogP contribution in [0.4, 0.5) is 0 Å². The van der Waals surface area contributed by atoms with Gasteiger partial charge >= 0.3 is 0 Å². The molecule has 0 bridgehead atoms. The second kappa shape index (κ2) is 5.69. The van der Waals surface area contributed by atoms with E-state index in [-0.39, 0.29) is 0 Å². The van der Waals surface area contributed by atoms with Crippen LogP contribution in [0.3, 0.4) is 0 Å². The van der Waals surface area contributed by atoms with Gasteiger partial charge in [0.2, 0.25) is 0 Å². The third kappa shape index (κ3) is 3.21. The summed E-state index contributed by atoms with van der Waals surface area (Å²) in [5.41, 5.74) is 2.11. The van der Waals surface area contributed by atoms with Gasteiger partial charge in [0.05, 0.1) is 10.7 Å². The van der Waals surface area contributed by atoms with Crippen LogP contribution in [0.25, 0.3) is 0 Å². The molecule has 1 aromatic carbocycles. The summed E-state index contributed by atoms with van der Waals surface area (Å²) in [6.45, 7) is 2.54. The molecule has 0 atom stereocenters. The van der Waals surface area contributed by atoms with Gasteiger partial charge in [-0.15, -0.1) is 0 Å². The minimum Gasteiger partial charge on any atom is -0.486 e. The molecule has 2 nitrogen and oxygen atoms in total. The van der Waals surface area contributed by atoms with Crippen molar-refractivity contribution in [2.45, 2.75) is 20.0 Å². The number of pyridine rings is 1. The molecule has 0 saturated heterocycles. The second-order valence-corrected chi connectivity index (χ2v) is 4.14. The van der Waals surface area contributed by atoms with Crippen molar-refractivity contribution in [3.8, 4) is 5.75 Å². The molecule has 88 valence electrons. The molecule has 0 radical (unpaired) electrons. The normalized spacial score (nSPS) is 10.2. The summed E-state index contributed by atoms with van der Waals surface area (Å²) in [6.07, 6.45) is 2.72. The molecule has 0 aliphatic carbocycles. The molecule has 0 N–H and O–H groups in total. The van der Waals surface area contributed by atoms with Crippen molar-refractivity contribution in [1.29, 1.82) is 0 Å². The van der Waals surface area contributed by atoms with Gasteiger partial charge in [0, 0.05) is 6.20 Å². The third-order valence-corrected chi connectivity index (χ3v) is 2.82. The summed E-state index contributed by atoms with van der Waals surface area (Å²) >= 11 is 6.07. The first-order valence-electron chi connectivity index (χ1n) is 5.60. The summed E-state index contributed by atoms with van der Waals surface area (Å²) in [7, 11) is 0. The van der Waals surface area contributed by atoms with Crippen molar-refractivity contribution in [2.24, 2.45) is 0 Å². The molecule has 2 rings (SSSR count). The fourth-order valence-electron chi connectivity index (χ4n) is 1.51. The maximum Gasteiger partial charge on any atom is 0.138 e. The number of nitrogens with zero attached hydrogens (tertiary/aromatic N) is 1. The Labute approximate surface area is 106 Å². The van der Waals surface area contributed by atoms with Crippen LogP contribution in [0, 0.1) is 0 Å². The highest BCUT2D eigenvalue weighted by molar-refractivity contribution is 6.32. The minimum atomic E-state index is 0.438. The standard InChI is InChI=1S/C14H14ClNO/c1-2-11-6-7-13(15)14(9-11)17-10-12-5-3-4-8-16-12/h3-9H,2,10H2,1H3. The summed E-state index contributed by atoms with van der Waals surface area (Å²) in [4.78, 5) is 4.20.